The average Bonchev–Trinajstić information content (AvgIpc) is 3.00. The zero-order valence-electron chi connectivity index (χ0n) is 15.9. The molecule has 0 atom stereocenters. The Labute approximate surface area is 167 Å². The molecule has 0 bridgehead atoms. The van der Waals surface area contributed by atoms with Crippen LogP contribution in [-0.2, 0) is 13.1 Å². The Morgan fingerprint density at radius 3 is 2.64 bits per heavy atom. The standard InChI is InChI=1S/C21H22ClF2N3O/c1-3-9-26(21(28)16-12-15(23)6-7-17(16)24)13-20-25-18-8-5-14(22)11-19(18)27(20)10-4-2/h5-8,11-12H,3-4,9-10,13H2,1-2H3. The molecule has 0 fully saturated rings. The van der Waals surface area contributed by atoms with Gasteiger partial charge in [0.15, 0.2) is 0 Å². The van der Waals surface area contributed by atoms with Gasteiger partial charge in [-0.2, -0.15) is 0 Å². The first-order chi connectivity index (χ1) is 13.4. The van der Waals surface area contributed by atoms with Crippen LogP contribution in [0.15, 0.2) is 36.4 Å². The Kier molecular flexibility index (Phi) is 6.29. The summed E-state index contributed by atoms with van der Waals surface area (Å²) in [7, 11) is 0. The maximum atomic E-state index is 14.1. The Morgan fingerprint density at radius 1 is 1.14 bits per heavy atom. The molecule has 0 aliphatic rings. The molecule has 0 saturated carbocycles. The van der Waals surface area contributed by atoms with E-state index in [0.717, 1.165) is 35.7 Å². The first kappa shape index (κ1) is 20.3. The molecule has 1 amide bonds. The molecule has 0 radical (unpaired) electrons. The van der Waals surface area contributed by atoms with E-state index in [-0.39, 0.29) is 12.1 Å². The molecule has 28 heavy (non-hydrogen) atoms. The van der Waals surface area contributed by atoms with Crippen molar-refractivity contribution in [3.63, 3.8) is 0 Å². The number of imidazole rings is 1. The maximum absolute atomic E-state index is 14.1. The van der Waals surface area contributed by atoms with Crippen molar-refractivity contribution in [2.45, 2.75) is 39.8 Å². The van der Waals surface area contributed by atoms with E-state index in [1.807, 2.05) is 23.6 Å². The second-order valence-corrected chi connectivity index (χ2v) is 7.10. The van der Waals surface area contributed by atoms with Crippen LogP contribution in [0, 0.1) is 11.6 Å². The fourth-order valence-electron chi connectivity index (χ4n) is 3.26. The van der Waals surface area contributed by atoms with Gasteiger partial charge in [0.05, 0.1) is 23.1 Å². The molecule has 0 saturated heterocycles. The van der Waals surface area contributed by atoms with Gasteiger partial charge in [0.2, 0.25) is 0 Å². The van der Waals surface area contributed by atoms with Crippen molar-refractivity contribution < 1.29 is 13.6 Å². The topological polar surface area (TPSA) is 38.1 Å². The molecule has 3 aromatic rings. The molecule has 0 aliphatic heterocycles. The minimum Gasteiger partial charge on any atom is -0.331 e. The van der Waals surface area contributed by atoms with E-state index in [4.69, 9.17) is 11.6 Å². The molecule has 2 aromatic carbocycles. The predicted octanol–water partition coefficient (Wildman–Crippen LogP) is 5.43. The summed E-state index contributed by atoms with van der Waals surface area (Å²) in [5.41, 5.74) is 1.41. The van der Waals surface area contributed by atoms with Gasteiger partial charge in [0.25, 0.3) is 5.91 Å². The first-order valence-corrected chi connectivity index (χ1v) is 9.71. The summed E-state index contributed by atoms with van der Waals surface area (Å²) in [6.07, 6.45) is 1.56. The van der Waals surface area contributed by atoms with Crippen LogP contribution >= 0.6 is 11.6 Å². The number of rotatable bonds is 7. The minimum atomic E-state index is -0.735. The van der Waals surface area contributed by atoms with Gasteiger partial charge in [-0.05, 0) is 49.2 Å². The van der Waals surface area contributed by atoms with E-state index in [9.17, 15) is 13.6 Å². The maximum Gasteiger partial charge on any atom is 0.257 e. The largest absolute Gasteiger partial charge is 0.331 e. The number of halogens is 3. The summed E-state index contributed by atoms with van der Waals surface area (Å²) in [6, 6.07) is 8.37. The molecule has 3 rings (SSSR count). The lowest BCUT2D eigenvalue weighted by Crippen LogP contribution is -2.33. The van der Waals surface area contributed by atoms with E-state index < -0.39 is 17.5 Å². The SMILES string of the molecule is CCCN(Cc1nc2ccc(Cl)cc2n1CCC)C(=O)c1cc(F)ccc1F. The third-order valence-corrected chi connectivity index (χ3v) is 4.74. The Balaban J connectivity index is 1.99. The van der Waals surface area contributed by atoms with Crippen LogP contribution in [0.2, 0.25) is 5.02 Å². The summed E-state index contributed by atoms with van der Waals surface area (Å²) >= 11 is 6.14. The third-order valence-electron chi connectivity index (χ3n) is 4.51. The summed E-state index contributed by atoms with van der Waals surface area (Å²) < 4.78 is 29.7. The first-order valence-electron chi connectivity index (χ1n) is 9.33. The van der Waals surface area contributed by atoms with Crippen LogP contribution in [-0.4, -0.2) is 26.9 Å². The quantitative estimate of drug-likeness (QED) is 0.525. The highest BCUT2D eigenvalue weighted by molar-refractivity contribution is 6.31. The Hall–Kier alpha value is -2.47. The van der Waals surface area contributed by atoms with Crippen LogP contribution in [0.4, 0.5) is 8.78 Å². The van der Waals surface area contributed by atoms with Crippen molar-refractivity contribution in [3.8, 4) is 0 Å². The molecular weight excluding hydrogens is 384 g/mol. The molecule has 0 spiro atoms. The van der Waals surface area contributed by atoms with Gasteiger partial charge in [0, 0.05) is 18.1 Å². The summed E-state index contributed by atoms with van der Waals surface area (Å²) in [6.45, 7) is 5.31. The van der Waals surface area contributed by atoms with Crippen molar-refractivity contribution in [3.05, 3.63) is 64.4 Å². The number of benzene rings is 2. The van der Waals surface area contributed by atoms with E-state index in [1.165, 1.54) is 4.90 Å². The number of hydrogen-bond donors (Lipinski definition) is 0. The van der Waals surface area contributed by atoms with Crippen LogP contribution in [0.25, 0.3) is 11.0 Å². The van der Waals surface area contributed by atoms with Gasteiger partial charge >= 0.3 is 0 Å². The Morgan fingerprint density at radius 2 is 1.93 bits per heavy atom. The van der Waals surface area contributed by atoms with Crippen molar-refractivity contribution >= 4 is 28.5 Å². The van der Waals surface area contributed by atoms with E-state index in [0.29, 0.717) is 30.4 Å². The zero-order valence-corrected chi connectivity index (χ0v) is 16.6. The highest BCUT2D eigenvalue weighted by atomic mass is 35.5. The number of aryl methyl sites for hydroxylation is 1. The molecule has 1 aromatic heterocycles. The second kappa shape index (κ2) is 8.69. The number of hydrogen-bond acceptors (Lipinski definition) is 2. The smallest absolute Gasteiger partial charge is 0.257 e. The number of fused-ring (bicyclic) bond motifs is 1. The van der Waals surface area contributed by atoms with Gasteiger partial charge in [-0.15, -0.1) is 0 Å². The number of aromatic nitrogens is 2. The van der Waals surface area contributed by atoms with E-state index >= 15 is 0 Å². The van der Waals surface area contributed by atoms with Crippen LogP contribution in [0.3, 0.4) is 0 Å². The fraction of sp³-hybridized carbons (Fsp3) is 0.333. The van der Waals surface area contributed by atoms with Gasteiger partial charge in [-0.3, -0.25) is 4.79 Å². The summed E-state index contributed by atoms with van der Waals surface area (Å²) in [4.78, 5) is 19.1. The molecule has 0 unspecified atom stereocenters. The van der Waals surface area contributed by atoms with Crippen LogP contribution in [0.1, 0.15) is 42.9 Å². The Bertz CT molecular complexity index is 1000. The number of nitrogens with zero attached hydrogens (tertiary/aromatic N) is 3. The lowest BCUT2D eigenvalue weighted by atomic mass is 10.1. The fourth-order valence-corrected chi connectivity index (χ4v) is 3.43. The van der Waals surface area contributed by atoms with Crippen molar-refractivity contribution in [2.75, 3.05) is 6.54 Å². The van der Waals surface area contributed by atoms with Gasteiger partial charge in [-0.25, -0.2) is 13.8 Å². The molecule has 0 N–H and O–H groups in total. The van der Waals surface area contributed by atoms with Crippen molar-refractivity contribution in [1.82, 2.24) is 14.5 Å². The second-order valence-electron chi connectivity index (χ2n) is 6.66. The van der Waals surface area contributed by atoms with Gasteiger partial charge in [0.1, 0.15) is 17.5 Å². The average molecular weight is 406 g/mol. The molecular formula is C21H22ClF2N3O. The molecule has 1 heterocycles. The molecule has 4 nitrogen and oxygen atoms in total. The normalized spacial score (nSPS) is 11.2. The number of amides is 1. The lowest BCUT2D eigenvalue weighted by Gasteiger charge is -2.23. The predicted molar refractivity (Wildman–Crippen MR) is 106 cm³/mol. The summed E-state index contributed by atoms with van der Waals surface area (Å²) in [5, 5.41) is 0.611. The van der Waals surface area contributed by atoms with Crippen molar-refractivity contribution in [2.24, 2.45) is 0 Å². The molecule has 148 valence electrons. The lowest BCUT2D eigenvalue weighted by molar-refractivity contribution is 0.0732. The van der Waals surface area contributed by atoms with Crippen molar-refractivity contribution in [1.29, 1.82) is 0 Å². The van der Waals surface area contributed by atoms with E-state index in [2.05, 4.69) is 11.9 Å². The highest BCUT2D eigenvalue weighted by Gasteiger charge is 2.22. The van der Waals surface area contributed by atoms with E-state index in [1.54, 1.807) is 6.07 Å². The van der Waals surface area contributed by atoms with Crippen LogP contribution < -0.4 is 0 Å². The number of carbonyl (C=O) groups excluding carboxylic acids is 1. The van der Waals surface area contributed by atoms with Crippen LogP contribution in [0.5, 0.6) is 0 Å². The van der Waals surface area contributed by atoms with Gasteiger partial charge in [-0.1, -0.05) is 25.4 Å². The minimum absolute atomic E-state index is 0.203. The highest BCUT2D eigenvalue weighted by Crippen LogP contribution is 2.23. The third kappa shape index (κ3) is 4.17. The monoisotopic (exact) mass is 405 g/mol. The molecule has 0 aliphatic carbocycles. The number of carbonyl (C=O) groups is 1. The van der Waals surface area contributed by atoms with Gasteiger partial charge < -0.3 is 9.47 Å². The summed E-state index contributed by atoms with van der Waals surface area (Å²) in [5.74, 6) is -1.24. The zero-order chi connectivity index (χ0) is 20.3. The molecule has 7 heteroatoms.